The number of rotatable bonds is 3. The van der Waals surface area contributed by atoms with Crippen LogP contribution in [0.3, 0.4) is 0 Å². The predicted molar refractivity (Wildman–Crippen MR) is 59.5 cm³/mol. The van der Waals surface area contributed by atoms with Crippen LogP contribution in [0.5, 0.6) is 0 Å². The molecule has 0 aromatic rings. The Bertz CT molecular complexity index is 238. The first kappa shape index (κ1) is 9.83. The second-order valence-corrected chi connectivity index (χ2v) is 6.18. The standard InChI is InChI=1S/C13H21NO/c1-14-12(8-15)13-5-9-2-10(6-13)4-11(3-9)7-13/h8-12,14H,2-7H2,1H3/t9?,10?,11?,12-,13?/m1/s1. The highest BCUT2D eigenvalue weighted by Crippen LogP contribution is 2.60. The molecule has 4 aliphatic rings. The van der Waals surface area contributed by atoms with Gasteiger partial charge in [0.25, 0.3) is 0 Å². The van der Waals surface area contributed by atoms with Crippen molar-refractivity contribution in [2.45, 2.75) is 44.6 Å². The lowest BCUT2D eigenvalue weighted by Crippen LogP contribution is -2.55. The van der Waals surface area contributed by atoms with Crippen molar-refractivity contribution in [2.24, 2.45) is 23.2 Å². The number of carbonyl (C=O) groups is 1. The number of carbonyl (C=O) groups excluding carboxylic acids is 1. The van der Waals surface area contributed by atoms with Crippen LogP contribution in [0.2, 0.25) is 0 Å². The molecule has 0 spiro atoms. The third-order valence-corrected chi connectivity index (χ3v) is 5.19. The second-order valence-electron chi connectivity index (χ2n) is 6.18. The molecule has 0 unspecified atom stereocenters. The SMILES string of the molecule is CN[C@H](C=O)C12CC3CC(CC(C3)C1)C2. The van der Waals surface area contributed by atoms with Crippen LogP contribution in [0.1, 0.15) is 38.5 Å². The van der Waals surface area contributed by atoms with Gasteiger partial charge in [-0.25, -0.2) is 0 Å². The molecule has 2 heteroatoms. The van der Waals surface area contributed by atoms with Crippen molar-refractivity contribution < 1.29 is 4.79 Å². The summed E-state index contributed by atoms with van der Waals surface area (Å²) in [6.45, 7) is 0. The summed E-state index contributed by atoms with van der Waals surface area (Å²) in [5.41, 5.74) is 0.339. The van der Waals surface area contributed by atoms with Crippen LogP contribution < -0.4 is 5.32 Å². The number of hydrogen-bond acceptors (Lipinski definition) is 2. The van der Waals surface area contributed by atoms with E-state index in [1.54, 1.807) is 0 Å². The molecule has 0 aliphatic heterocycles. The molecule has 4 bridgehead atoms. The summed E-state index contributed by atoms with van der Waals surface area (Å²) in [5, 5.41) is 3.24. The number of nitrogens with one attached hydrogen (secondary N) is 1. The minimum Gasteiger partial charge on any atom is -0.310 e. The maximum absolute atomic E-state index is 11.2. The predicted octanol–water partition coefficient (Wildman–Crippen LogP) is 1.99. The zero-order valence-corrected chi connectivity index (χ0v) is 9.54. The molecule has 2 nitrogen and oxygen atoms in total. The van der Waals surface area contributed by atoms with E-state index in [0.717, 1.165) is 24.0 Å². The summed E-state index contributed by atoms with van der Waals surface area (Å²) in [6, 6.07) is 0.117. The molecule has 0 amide bonds. The van der Waals surface area contributed by atoms with Crippen LogP contribution in [0, 0.1) is 23.2 Å². The zero-order chi connectivity index (χ0) is 10.5. The fraction of sp³-hybridized carbons (Fsp3) is 0.923. The zero-order valence-electron chi connectivity index (χ0n) is 9.54. The molecule has 0 aromatic carbocycles. The summed E-state index contributed by atoms with van der Waals surface area (Å²) >= 11 is 0. The molecule has 15 heavy (non-hydrogen) atoms. The summed E-state index contributed by atoms with van der Waals surface area (Å²) in [7, 11) is 1.94. The molecule has 0 heterocycles. The lowest BCUT2D eigenvalue weighted by Gasteiger charge is -2.58. The van der Waals surface area contributed by atoms with Gasteiger partial charge in [-0.15, -0.1) is 0 Å². The monoisotopic (exact) mass is 207 g/mol. The third-order valence-electron chi connectivity index (χ3n) is 5.19. The van der Waals surface area contributed by atoms with Gasteiger partial charge in [-0.1, -0.05) is 0 Å². The molecule has 4 fully saturated rings. The average molecular weight is 207 g/mol. The van der Waals surface area contributed by atoms with Crippen molar-refractivity contribution in [3.05, 3.63) is 0 Å². The molecule has 1 N–H and O–H groups in total. The lowest BCUT2D eigenvalue weighted by atomic mass is 9.48. The van der Waals surface area contributed by atoms with Gasteiger partial charge in [0.15, 0.2) is 0 Å². The second kappa shape index (κ2) is 3.31. The van der Waals surface area contributed by atoms with Gasteiger partial charge in [0.05, 0.1) is 6.04 Å². The molecule has 0 aromatic heterocycles. The molecule has 4 rings (SSSR count). The summed E-state index contributed by atoms with van der Waals surface area (Å²) in [6.07, 6.45) is 9.44. The van der Waals surface area contributed by atoms with Crippen LogP contribution in [-0.2, 0) is 4.79 Å². The highest BCUT2D eigenvalue weighted by Gasteiger charge is 2.53. The van der Waals surface area contributed by atoms with E-state index in [2.05, 4.69) is 5.32 Å². The quantitative estimate of drug-likeness (QED) is 0.717. The van der Waals surface area contributed by atoms with Gasteiger partial charge in [0.2, 0.25) is 0 Å². The molecule has 4 aliphatic carbocycles. The average Bonchev–Trinajstić information content (AvgIpc) is 2.16. The van der Waals surface area contributed by atoms with Crippen LogP contribution in [0.4, 0.5) is 0 Å². The number of aldehydes is 1. The van der Waals surface area contributed by atoms with E-state index in [0.29, 0.717) is 5.41 Å². The van der Waals surface area contributed by atoms with Crippen LogP contribution in [0.25, 0.3) is 0 Å². The molecular weight excluding hydrogens is 186 g/mol. The molecule has 0 saturated heterocycles. The minimum absolute atomic E-state index is 0.117. The van der Waals surface area contributed by atoms with Crippen LogP contribution in [-0.4, -0.2) is 19.4 Å². The summed E-state index contributed by atoms with van der Waals surface area (Å²) in [5.74, 6) is 2.81. The van der Waals surface area contributed by atoms with Gasteiger partial charge < -0.3 is 10.1 Å². The Labute approximate surface area is 91.8 Å². The Hall–Kier alpha value is -0.370. The van der Waals surface area contributed by atoms with Gasteiger partial charge >= 0.3 is 0 Å². The van der Waals surface area contributed by atoms with E-state index in [-0.39, 0.29) is 6.04 Å². The largest absolute Gasteiger partial charge is 0.310 e. The van der Waals surface area contributed by atoms with Crippen molar-refractivity contribution >= 4 is 6.29 Å². The molecule has 84 valence electrons. The van der Waals surface area contributed by atoms with Crippen molar-refractivity contribution in [3.63, 3.8) is 0 Å². The summed E-state index contributed by atoms with van der Waals surface area (Å²) in [4.78, 5) is 11.2. The van der Waals surface area contributed by atoms with Crippen molar-refractivity contribution in [1.82, 2.24) is 5.32 Å². The highest BCUT2D eigenvalue weighted by atomic mass is 16.1. The first-order valence-electron chi connectivity index (χ1n) is 6.38. The molecule has 1 atom stereocenters. The maximum atomic E-state index is 11.2. The van der Waals surface area contributed by atoms with Gasteiger partial charge in [0, 0.05) is 0 Å². The smallest absolute Gasteiger partial charge is 0.137 e. The third kappa shape index (κ3) is 1.37. The van der Waals surface area contributed by atoms with E-state index < -0.39 is 0 Å². The molecule has 4 saturated carbocycles. The first-order valence-corrected chi connectivity index (χ1v) is 6.38. The fourth-order valence-electron chi connectivity index (χ4n) is 5.08. The minimum atomic E-state index is 0.117. The van der Waals surface area contributed by atoms with E-state index in [1.807, 2.05) is 7.05 Å². The van der Waals surface area contributed by atoms with E-state index in [1.165, 1.54) is 38.5 Å². The highest BCUT2D eigenvalue weighted by molar-refractivity contribution is 5.59. The van der Waals surface area contributed by atoms with Gasteiger partial charge in [-0.3, -0.25) is 0 Å². The van der Waals surface area contributed by atoms with E-state index >= 15 is 0 Å². The Morgan fingerprint density at radius 2 is 1.60 bits per heavy atom. The van der Waals surface area contributed by atoms with Crippen LogP contribution >= 0.6 is 0 Å². The Balaban J connectivity index is 1.89. The van der Waals surface area contributed by atoms with E-state index in [9.17, 15) is 4.79 Å². The topological polar surface area (TPSA) is 29.1 Å². The number of hydrogen-bond donors (Lipinski definition) is 1. The van der Waals surface area contributed by atoms with Gasteiger partial charge in [0.1, 0.15) is 6.29 Å². The Kier molecular flexibility index (Phi) is 2.17. The maximum Gasteiger partial charge on any atom is 0.137 e. The molecular formula is C13H21NO. The molecule has 0 radical (unpaired) electrons. The van der Waals surface area contributed by atoms with Gasteiger partial charge in [-0.05, 0) is 68.7 Å². The van der Waals surface area contributed by atoms with Gasteiger partial charge in [-0.2, -0.15) is 0 Å². The van der Waals surface area contributed by atoms with Crippen molar-refractivity contribution in [2.75, 3.05) is 7.05 Å². The van der Waals surface area contributed by atoms with Crippen molar-refractivity contribution in [1.29, 1.82) is 0 Å². The fourth-order valence-corrected chi connectivity index (χ4v) is 5.08. The summed E-state index contributed by atoms with van der Waals surface area (Å²) < 4.78 is 0. The Morgan fingerprint density at radius 1 is 1.13 bits per heavy atom. The first-order chi connectivity index (χ1) is 7.25. The Morgan fingerprint density at radius 3 is 1.93 bits per heavy atom. The van der Waals surface area contributed by atoms with E-state index in [4.69, 9.17) is 0 Å². The normalized spacial score (nSPS) is 49.3. The number of likely N-dealkylation sites (N-methyl/N-ethyl adjacent to an activating group) is 1. The van der Waals surface area contributed by atoms with Crippen LogP contribution in [0.15, 0.2) is 0 Å². The lowest BCUT2D eigenvalue weighted by molar-refractivity contribution is -0.121. The van der Waals surface area contributed by atoms with Crippen molar-refractivity contribution in [3.8, 4) is 0 Å².